The number of benzene rings is 1. The summed E-state index contributed by atoms with van der Waals surface area (Å²) in [4.78, 5) is 23.2. The minimum Gasteiger partial charge on any atom is -0.446 e. The van der Waals surface area contributed by atoms with E-state index in [1.165, 1.54) is 5.56 Å². The van der Waals surface area contributed by atoms with E-state index in [9.17, 15) is 4.79 Å². The SMILES string of the molecule is O=c1[nH]c(CCc2ccccc2)ccc1Cc1ncc[n-]1. The van der Waals surface area contributed by atoms with Crippen LogP contribution >= 0.6 is 0 Å². The molecular formula is C17H16N3O-. The number of rotatable bonds is 5. The van der Waals surface area contributed by atoms with Crippen molar-refractivity contribution in [3.63, 3.8) is 0 Å². The topological polar surface area (TPSA) is 59.9 Å². The van der Waals surface area contributed by atoms with Gasteiger partial charge in [0, 0.05) is 11.3 Å². The molecule has 0 fully saturated rings. The molecule has 0 atom stereocenters. The highest BCUT2D eigenvalue weighted by molar-refractivity contribution is 5.20. The van der Waals surface area contributed by atoms with Gasteiger partial charge in [-0.2, -0.15) is 0 Å². The normalized spacial score (nSPS) is 10.7. The molecule has 4 nitrogen and oxygen atoms in total. The molecule has 0 saturated carbocycles. The van der Waals surface area contributed by atoms with Crippen molar-refractivity contribution in [2.45, 2.75) is 19.3 Å². The van der Waals surface area contributed by atoms with E-state index in [1.807, 2.05) is 30.3 Å². The zero-order chi connectivity index (χ0) is 14.5. The highest BCUT2D eigenvalue weighted by Crippen LogP contribution is 2.06. The third kappa shape index (κ3) is 3.48. The molecule has 0 radical (unpaired) electrons. The number of nitrogens with one attached hydrogen (secondary N) is 1. The monoisotopic (exact) mass is 278 g/mol. The van der Waals surface area contributed by atoms with Crippen LogP contribution in [0.15, 0.2) is 59.7 Å². The second-order valence-electron chi connectivity index (χ2n) is 4.97. The fourth-order valence-corrected chi connectivity index (χ4v) is 2.29. The lowest BCUT2D eigenvalue weighted by molar-refractivity contribution is 0.889. The quantitative estimate of drug-likeness (QED) is 0.777. The fourth-order valence-electron chi connectivity index (χ4n) is 2.29. The van der Waals surface area contributed by atoms with Crippen molar-refractivity contribution >= 4 is 0 Å². The van der Waals surface area contributed by atoms with Crippen LogP contribution < -0.4 is 10.5 Å². The van der Waals surface area contributed by atoms with Crippen molar-refractivity contribution in [1.29, 1.82) is 0 Å². The molecule has 1 N–H and O–H groups in total. The average molecular weight is 278 g/mol. The number of aryl methyl sites for hydroxylation is 2. The van der Waals surface area contributed by atoms with Crippen LogP contribution in [0.1, 0.15) is 22.6 Å². The van der Waals surface area contributed by atoms with Gasteiger partial charge in [0.25, 0.3) is 5.56 Å². The van der Waals surface area contributed by atoms with Gasteiger partial charge in [-0.15, -0.1) is 0 Å². The van der Waals surface area contributed by atoms with Crippen LogP contribution in [0.25, 0.3) is 0 Å². The largest absolute Gasteiger partial charge is 0.446 e. The van der Waals surface area contributed by atoms with E-state index >= 15 is 0 Å². The Morgan fingerprint density at radius 1 is 1.05 bits per heavy atom. The van der Waals surface area contributed by atoms with Crippen LogP contribution in [0.2, 0.25) is 0 Å². The Morgan fingerprint density at radius 2 is 1.90 bits per heavy atom. The maximum absolute atomic E-state index is 12.1. The first kappa shape index (κ1) is 13.4. The molecular weight excluding hydrogens is 262 g/mol. The predicted molar refractivity (Wildman–Crippen MR) is 81.3 cm³/mol. The second-order valence-corrected chi connectivity index (χ2v) is 4.97. The summed E-state index contributed by atoms with van der Waals surface area (Å²) in [6, 6.07) is 14.1. The summed E-state index contributed by atoms with van der Waals surface area (Å²) < 4.78 is 0. The summed E-state index contributed by atoms with van der Waals surface area (Å²) in [7, 11) is 0. The standard InChI is InChI=1S/C17H17N3O/c21-17-14(12-16-18-10-11-19-16)7-9-15(20-17)8-6-13-4-2-1-3-5-13/h1-5,7,9-11H,6,8,12H2,(H2,18,19,20,21)/p-1. The number of aromatic nitrogens is 3. The van der Waals surface area contributed by atoms with Crippen LogP contribution in [-0.4, -0.2) is 9.97 Å². The van der Waals surface area contributed by atoms with Crippen LogP contribution in [0.3, 0.4) is 0 Å². The highest BCUT2D eigenvalue weighted by Gasteiger charge is 2.02. The van der Waals surface area contributed by atoms with Gasteiger partial charge in [0.2, 0.25) is 0 Å². The van der Waals surface area contributed by atoms with Gasteiger partial charge in [0.05, 0.1) is 0 Å². The Kier molecular flexibility index (Phi) is 3.96. The molecule has 21 heavy (non-hydrogen) atoms. The van der Waals surface area contributed by atoms with Gasteiger partial charge in [-0.05, 0) is 30.9 Å². The lowest BCUT2D eigenvalue weighted by Gasteiger charge is -2.06. The summed E-state index contributed by atoms with van der Waals surface area (Å²) in [6.07, 6.45) is 5.49. The van der Waals surface area contributed by atoms with E-state index in [0.717, 1.165) is 18.5 Å². The Labute approximate surface area is 122 Å². The molecule has 0 aliphatic rings. The van der Waals surface area contributed by atoms with E-state index < -0.39 is 0 Å². The highest BCUT2D eigenvalue weighted by atomic mass is 16.1. The van der Waals surface area contributed by atoms with Crippen LogP contribution in [0.5, 0.6) is 0 Å². The molecule has 2 aromatic heterocycles. The molecule has 0 spiro atoms. The summed E-state index contributed by atoms with van der Waals surface area (Å²) >= 11 is 0. The number of aromatic amines is 1. The predicted octanol–water partition coefficient (Wildman–Crippen LogP) is 2.10. The first-order chi connectivity index (χ1) is 10.3. The number of pyridine rings is 1. The van der Waals surface area contributed by atoms with E-state index in [1.54, 1.807) is 12.4 Å². The van der Waals surface area contributed by atoms with E-state index in [4.69, 9.17) is 0 Å². The van der Waals surface area contributed by atoms with E-state index in [0.29, 0.717) is 17.8 Å². The van der Waals surface area contributed by atoms with Gasteiger partial charge in [0.15, 0.2) is 0 Å². The summed E-state index contributed by atoms with van der Waals surface area (Å²) in [5.74, 6) is 0.678. The Bertz CT molecular complexity index is 745. The van der Waals surface area contributed by atoms with Crippen molar-refractivity contribution in [1.82, 2.24) is 15.0 Å². The second kappa shape index (κ2) is 6.22. The van der Waals surface area contributed by atoms with E-state index in [-0.39, 0.29) is 5.56 Å². The van der Waals surface area contributed by atoms with Crippen molar-refractivity contribution in [2.75, 3.05) is 0 Å². The number of nitrogens with zero attached hydrogens (tertiary/aromatic N) is 2. The zero-order valence-electron chi connectivity index (χ0n) is 11.6. The Morgan fingerprint density at radius 3 is 2.62 bits per heavy atom. The van der Waals surface area contributed by atoms with Crippen molar-refractivity contribution in [3.8, 4) is 0 Å². The Balaban J connectivity index is 1.68. The average Bonchev–Trinajstić information content (AvgIpc) is 3.02. The summed E-state index contributed by atoms with van der Waals surface area (Å²) in [5.41, 5.74) is 2.87. The molecule has 0 aliphatic carbocycles. The molecule has 0 unspecified atom stereocenters. The molecule has 0 aliphatic heterocycles. The van der Waals surface area contributed by atoms with Gasteiger partial charge in [-0.25, -0.2) is 0 Å². The van der Waals surface area contributed by atoms with E-state index in [2.05, 4.69) is 27.1 Å². The van der Waals surface area contributed by atoms with Gasteiger partial charge < -0.3 is 15.0 Å². The minimum absolute atomic E-state index is 0.0506. The molecule has 3 rings (SSSR count). The number of hydrogen-bond donors (Lipinski definition) is 1. The maximum Gasteiger partial charge on any atom is 0.251 e. The molecule has 3 aromatic rings. The molecule has 4 heteroatoms. The number of imidazole rings is 1. The smallest absolute Gasteiger partial charge is 0.251 e. The fraction of sp³-hybridized carbons (Fsp3) is 0.176. The van der Waals surface area contributed by atoms with Gasteiger partial charge in [-0.1, -0.05) is 54.6 Å². The third-order valence-corrected chi connectivity index (χ3v) is 3.44. The lowest BCUT2D eigenvalue weighted by Crippen LogP contribution is -2.15. The third-order valence-electron chi connectivity index (χ3n) is 3.44. The zero-order valence-corrected chi connectivity index (χ0v) is 11.6. The van der Waals surface area contributed by atoms with Gasteiger partial charge in [-0.3, -0.25) is 4.79 Å². The molecule has 0 saturated heterocycles. The number of hydrogen-bond acceptors (Lipinski definition) is 2. The van der Waals surface area contributed by atoms with Crippen LogP contribution in [0.4, 0.5) is 0 Å². The molecule has 106 valence electrons. The first-order valence-corrected chi connectivity index (χ1v) is 6.99. The molecule has 2 heterocycles. The summed E-state index contributed by atoms with van der Waals surface area (Å²) in [6.45, 7) is 0. The van der Waals surface area contributed by atoms with Crippen molar-refractivity contribution < 1.29 is 0 Å². The van der Waals surface area contributed by atoms with Gasteiger partial charge in [0.1, 0.15) is 0 Å². The van der Waals surface area contributed by atoms with Crippen LogP contribution in [0, 0.1) is 0 Å². The Hall–Kier alpha value is -2.62. The molecule has 0 bridgehead atoms. The van der Waals surface area contributed by atoms with Gasteiger partial charge >= 0.3 is 0 Å². The minimum atomic E-state index is -0.0506. The summed E-state index contributed by atoms with van der Waals surface area (Å²) in [5, 5.41) is 0. The van der Waals surface area contributed by atoms with Crippen molar-refractivity contribution in [3.05, 3.63) is 87.9 Å². The lowest BCUT2D eigenvalue weighted by atomic mass is 10.1. The van der Waals surface area contributed by atoms with Crippen molar-refractivity contribution in [2.24, 2.45) is 0 Å². The first-order valence-electron chi connectivity index (χ1n) is 6.99. The molecule has 1 aromatic carbocycles. The van der Waals surface area contributed by atoms with Crippen LogP contribution in [-0.2, 0) is 19.3 Å². The molecule has 0 amide bonds. The number of H-pyrrole nitrogens is 1. The maximum atomic E-state index is 12.1.